The molecule has 1 aliphatic heterocycles. The van der Waals surface area contributed by atoms with Gasteiger partial charge in [0.05, 0.1) is 5.69 Å². The van der Waals surface area contributed by atoms with Crippen LogP contribution in [-0.2, 0) is 6.54 Å². The average Bonchev–Trinajstić information content (AvgIpc) is 3.13. The molecule has 5 heteroatoms. The highest BCUT2D eigenvalue weighted by Crippen LogP contribution is 2.29. The van der Waals surface area contributed by atoms with Crippen LogP contribution >= 0.6 is 0 Å². The van der Waals surface area contributed by atoms with E-state index in [1.165, 1.54) is 0 Å². The van der Waals surface area contributed by atoms with Crippen LogP contribution in [0.4, 0.5) is 0 Å². The van der Waals surface area contributed by atoms with E-state index >= 15 is 0 Å². The Bertz CT molecular complexity index is 744. The van der Waals surface area contributed by atoms with Crippen molar-refractivity contribution in [2.75, 3.05) is 13.1 Å². The molecule has 0 aliphatic carbocycles. The van der Waals surface area contributed by atoms with Gasteiger partial charge >= 0.3 is 0 Å². The number of nitrogens with zero attached hydrogens (tertiary/aromatic N) is 3. The average molecular weight is 297 g/mol. The van der Waals surface area contributed by atoms with Crippen molar-refractivity contribution in [3.63, 3.8) is 0 Å². The maximum atomic E-state index is 5.94. The van der Waals surface area contributed by atoms with Crippen LogP contribution in [0, 0.1) is 6.92 Å². The molecule has 4 rings (SSSR count). The summed E-state index contributed by atoms with van der Waals surface area (Å²) in [6, 6.07) is 9.96. The summed E-state index contributed by atoms with van der Waals surface area (Å²) in [7, 11) is 0. The molecule has 0 N–H and O–H groups in total. The quantitative estimate of drug-likeness (QED) is 0.740. The first kappa shape index (κ1) is 13.5. The maximum Gasteiger partial charge on any atom is 0.199 e. The molecule has 2 aromatic heterocycles. The summed E-state index contributed by atoms with van der Waals surface area (Å²) in [4.78, 5) is 7.06. The predicted molar refractivity (Wildman–Crippen MR) is 82.5 cm³/mol. The lowest BCUT2D eigenvalue weighted by atomic mass is 9.98. The molecule has 1 aliphatic rings. The van der Waals surface area contributed by atoms with Gasteiger partial charge < -0.3 is 8.94 Å². The summed E-state index contributed by atoms with van der Waals surface area (Å²) >= 11 is 0. The third kappa shape index (κ3) is 2.64. The number of hydrogen-bond donors (Lipinski definition) is 0. The van der Waals surface area contributed by atoms with E-state index < -0.39 is 0 Å². The summed E-state index contributed by atoms with van der Waals surface area (Å²) in [6.07, 6.45) is 2.28. The Morgan fingerprint density at radius 3 is 3.05 bits per heavy atom. The van der Waals surface area contributed by atoms with Crippen LogP contribution < -0.4 is 0 Å². The number of para-hydroxylation sites is 2. The lowest BCUT2D eigenvalue weighted by molar-refractivity contribution is 0.183. The van der Waals surface area contributed by atoms with E-state index in [-0.39, 0.29) is 0 Å². The van der Waals surface area contributed by atoms with Crippen molar-refractivity contribution < 1.29 is 8.94 Å². The number of aromatic nitrogens is 2. The molecular formula is C17H19N3O2. The van der Waals surface area contributed by atoms with E-state index in [2.05, 4.69) is 15.0 Å². The summed E-state index contributed by atoms with van der Waals surface area (Å²) < 4.78 is 11.1. The number of likely N-dealkylation sites (tertiary alicyclic amines) is 1. The van der Waals surface area contributed by atoms with Crippen molar-refractivity contribution in [2.24, 2.45) is 0 Å². The minimum Gasteiger partial charge on any atom is -0.440 e. The molecule has 3 aromatic rings. The Balaban J connectivity index is 1.50. The van der Waals surface area contributed by atoms with E-state index in [0.717, 1.165) is 60.9 Å². The summed E-state index contributed by atoms with van der Waals surface area (Å²) in [6.45, 7) is 4.79. The molecule has 5 nitrogen and oxygen atoms in total. The van der Waals surface area contributed by atoms with Crippen LogP contribution in [0.25, 0.3) is 11.1 Å². The second-order valence-electron chi connectivity index (χ2n) is 6.02. The molecule has 0 radical (unpaired) electrons. The minimum absolute atomic E-state index is 0.356. The second-order valence-corrected chi connectivity index (χ2v) is 6.02. The number of oxazole rings is 1. The highest BCUT2D eigenvalue weighted by molar-refractivity contribution is 5.72. The summed E-state index contributed by atoms with van der Waals surface area (Å²) in [5, 5.41) is 4.09. The number of aryl methyl sites for hydroxylation is 1. The van der Waals surface area contributed by atoms with Gasteiger partial charge in [-0.25, -0.2) is 4.98 Å². The van der Waals surface area contributed by atoms with E-state index in [0.29, 0.717) is 5.92 Å². The first-order valence-corrected chi connectivity index (χ1v) is 7.78. The Morgan fingerprint density at radius 1 is 1.32 bits per heavy atom. The minimum atomic E-state index is 0.356. The molecule has 1 atom stereocenters. The number of hydrogen-bond acceptors (Lipinski definition) is 5. The van der Waals surface area contributed by atoms with Crippen LogP contribution in [0.1, 0.15) is 36.1 Å². The third-order valence-corrected chi connectivity index (χ3v) is 4.23. The first-order valence-electron chi connectivity index (χ1n) is 7.78. The SMILES string of the molecule is Cc1cc(CN2CCCC(c3nc4ccccc4o3)C2)no1. The van der Waals surface area contributed by atoms with E-state index in [4.69, 9.17) is 8.94 Å². The Kier molecular flexibility index (Phi) is 3.42. The van der Waals surface area contributed by atoms with Gasteiger partial charge in [0.1, 0.15) is 11.3 Å². The fraction of sp³-hybridized carbons (Fsp3) is 0.412. The monoisotopic (exact) mass is 297 g/mol. The van der Waals surface area contributed by atoms with Crippen LogP contribution in [0.2, 0.25) is 0 Å². The number of rotatable bonds is 3. The molecule has 114 valence electrons. The molecule has 3 heterocycles. The van der Waals surface area contributed by atoms with E-state index in [9.17, 15) is 0 Å². The summed E-state index contributed by atoms with van der Waals surface area (Å²) in [5.41, 5.74) is 2.82. The lowest BCUT2D eigenvalue weighted by Gasteiger charge is -2.30. The van der Waals surface area contributed by atoms with Gasteiger partial charge in [-0.05, 0) is 38.4 Å². The topological polar surface area (TPSA) is 55.3 Å². The van der Waals surface area contributed by atoms with Gasteiger partial charge in [0.2, 0.25) is 0 Å². The van der Waals surface area contributed by atoms with Gasteiger partial charge in [-0.2, -0.15) is 0 Å². The van der Waals surface area contributed by atoms with Gasteiger partial charge in [-0.1, -0.05) is 17.3 Å². The number of piperidine rings is 1. The molecule has 0 saturated carbocycles. The molecule has 1 fully saturated rings. The zero-order valence-corrected chi connectivity index (χ0v) is 12.7. The molecule has 0 bridgehead atoms. The first-order chi connectivity index (χ1) is 10.8. The third-order valence-electron chi connectivity index (χ3n) is 4.23. The van der Waals surface area contributed by atoms with E-state index in [1.807, 2.05) is 37.3 Å². The molecule has 0 amide bonds. The van der Waals surface area contributed by atoms with Gasteiger partial charge in [-0.15, -0.1) is 0 Å². The van der Waals surface area contributed by atoms with Gasteiger partial charge in [0, 0.05) is 25.1 Å². The van der Waals surface area contributed by atoms with Crippen LogP contribution in [0.3, 0.4) is 0 Å². The molecule has 22 heavy (non-hydrogen) atoms. The predicted octanol–water partition coefficient (Wildman–Crippen LogP) is 3.50. The standard InChI is InChI=1S/C17H19N3O2/c1-12-9-14(19-22-12)11-20-8-4-5-13(10-20)17-18-15-6-2-3-7-16(15)21-17/h2-3,6-7,9,13H,4-5,8,10-11H2,1H3. The fourth-order valence-corrected chi connectivity index (χ4v) is 3.19. The zero-order valence-electron chi connectivity index (χ0n) is 12.7. The van der Waals surface area contributed by atoms with Crippen molar-refractivity contribution in [1.29, 1.82) is 0 Å². The number of fused-ring (bicyclic) bond motifs is 1. The molecular weight excluding hydrogens is 278 g/mol. The van der Waals surface area contributed by atoms with Gasteiger partial charge in [0.25, 0.3) is 0 Å². The lowest BCUT2D eigenvalue weighted by Crippen LogP contribution is -2.34. The van der Waals surface area contributed by atoms with Crippen LogP contribution in [0.5, 0.6) is 0 Å². The van der Waals surface area contributed by atoms with Crippen LogP contribution in [0.15, 0.2) is 39.3 Å². The molecule has 0 spiro atoms. The Hall–Kier alpha value is -2.14. The molecule has 1 aromatic carbocycles. The smallest absolute Gasteiger partial charge is 0.199 e. The highest BCUT2D eigenvalue weighted by atomic mass is 16.5. The van der Waals surface area contributed by atoms with Crippen molar-refractivity contribution in [3.05, 3.63) is 47.7 Å². The van der Waals surface area contributed by atoms with E-state index in [1.54, 1.807) is 0 Å². The maximum absolute atomic E-state index is 5.94. The molecule has 1 saturated heterocycles. The van der Waals surface area contributed by atoms with Crippen LogP contribution in [-0.4, -0.2) is 28.1 Å². The normalized spacial score (nSPS) is 19.8. The van der Waals surface area contributed by atoms with Crippen molar-refractivity contribution in [1.82, 2.24) is 15.0 Å². The highest BCUT2D eigenvalue weighted by Gasteiger charge is 2.25. The molecule has 1 unspecified atom stereocenters. The Labute approximate surface area is 128 Å². The van der Waals surface area contributed by atoms with Gasteiger partial charge in [0.15, 0.2) is 11.5 Å². The second kappa shape index (κ2) is 5.57. The fourth-order valence-electron chi connectivity index (χ4n) is 3.19. The van der Waals surface area contributed by atoms with Gasteiger partial charge in [-0.3, -0.25) is 4.90 Å². The van der Waals surface area contributed by atoms with Crippen molar-refractivity contribution in [3.8, 4) is 0 Å². The largest absolute Gasteiger partial charge is 0.440 e. The van der Waals surface area contributed by atoms with Crippen molar-refractivity contribution in [2.45, 2.75) is 32.2 Å². The number of benzene rings is 1. The Morgan fingerprint density at radius 2 is 2.23 bits per heavy atom. The van der Waals surface area contributed by atoms with Crippen molar-refractivity contribution >= 4 is 11.1 Å². The summed E-state index contributed by atoms with van der Waals surface area (Å²) in [5.74, 6) is 2.08. The zero-order chi connectivity index (χ0) is 14.9.